The smallest absolute Gasteiger partial charge is 0.259 e. The third-order valence-corrected chi connectivity index (χ3v) is 3.34. The molecule has 0 fully saturated rings. The normalized spacial score (nSPS) is 12.1. The van der Waals surface area contributed by atoms with Crippen LogP contribution in [0.2, 0.25) is 0 Å². The zero-order chi connectivity index (χ0) is 16.8. The molecule has 1 amide bonds. The number of amides is 1. The second-order valence-electron chi connectivity index (χ2n) is 5.02. The number of aryl methyl sites for hydroxylation is 1. The van der Waals surface area contributed by atoms with Gasteiger partial charge in [-0.25, -0.2) is 0 Å². The summed E-state index contributed by atoms with van der Waals surface area (Å²) in [5.41, 5.74) is 0.326. The van der Waals surface area contributed by atoms with Crippen molar-refractivity contribution in [2.24, 2.45) is 0 Å². The van der Waals surface area contributed by atoms with E-state index in [-0.39, 0.29) is 11.5 Å². The van der Waals surface area contributed by atoms with Gasteiger partial charge in [-0.1, -0.05) is 12.1 Å². The molecule has 1 N–H and O–H groups in total. The lowest BCUT2D eigenvalue weighted by Crippen LogP contribution is -2.38. The van der Waals surface area contributed by atoms with E-state index in [9.17, 15) is 9.59 Å². The first kappa shape index (κ1) is 16.9. The lowest BCUT2D eigenvalue weighted by molar-refractivity contribution is -0.124. The number of carbonyl (C=O) groups excluding carboxylic acids is 1. The molecule has 124 valence electrons. The van der Waals surface area contributed by atoms with Gasteiger partial charge in [0, 0.05) is 25.9 Å². The predicted octanol–water partition coefficient (Wildman–Crippen LogP) is 0.920. The Morgan fingerprint density at radius 3 is 2.87 bits per heavy atom. The van der Waals surface area contributed by atoms with Crippen LogP contribution in [0.3, 0.4) is 0 Å². The number of pyridine rings is 1. The Labute approximate surface area is 133 Å². The van der Waals surface area contributed by atoms with Crippen molar-refractivity contribution in [1.29, 1.82) is 0 Å². The highest BCUT2D eigenvalue weighted by atomic mass is 16.5. The van der Waals surface area contributed by atoms with Crippen molar-refractivity contribution in [1.82, 2.24) is 20.0 Å². The Balaban J connectivity index is 2.29. The summed E-state index contributed by atoms with van der Waals surface area (Å²) in [5, 5.41) is 6.48. The van der Waals surface area contributed by atoms with Crippen molar-refractivity contribution >= 4 is 5.91 Å². The van der Waals surface area contributed by atoms with Gasteiger partial charge in [0.2, 0.25) is 5.91 Å². The molecule has 0 saturated heterocycles. The first-order valence-corrected chi connectivity index (χ1v) is 7.36. The third kappa shape index (κ3) is 4.04. The minimum atomic E-state index is -0.608. The molecular formula is C15H20N4O4. The van der Waals surface area contributed by atoms with E-state index in [0.717, 1.165) is 0 Å². The highest BCUT2D eigenvalue weighted by molar-refractivity contribution is 5.80. The SMILES string of the molecule is CC[C@@H](C(=O)NCCOC)n1cc(-c2nc(C)no2)ccc1=O. The summed E-state index contributed by atoms with van der Waals surface area (Å²) in [6.45, 7) is 4.36. The van der Waals surface area contributed by atoms with Gasteiger partial charge in [0.25, 0.3) is 11.4 Å². The van der Waals surface area contributed by atoms with Crippen molar-refractivity contribution in [2.45, 2.75) is 26.3 Å². The molecule has 1 atom stereocenters. The van der Waals surface area contributed by atoms with E-state index in [2.05, 4.69) is 15.5 Å². The molecule has 2 heterocycles. The van der Waals surface area contributed by atoms with Crippen LogP contribution in [0.25, 0.3) is 11.5 Å². The average molecular weight is 320 g/mol. The van der Waals surface area contributed by atoms with Crippen LogP contribution < -0.4 is 10.9 Å². The van der Waals surface area contributed by atoms with Gasteiger partial charge in [-0.3, -0.25) is 9.59 Å². The van der Waals surface area contributed by atoms with Crippen LogP contribution in [-0.4, -0.2) is 40.9 Å². The maximum Gasteiger partial charge on any atom is 0.259 e. The molecule has 0 aliphatic carbocycles. The van der Waals surface area contributed by atoms with Crippen LogP contribution >= 0.6 is 0 Å². The largest absolute Gasteiger partial charge is 0.383 e. The highest BCUT2D eigenvalue weighted by Crippen LogP contribution is 2.18. The number of hydrogen-bond acceptors (Lipinski definition) is 6. The van der Waals surface area contributed by atoms with Gasteiger partial charge in [0.15, 0.2) is 5.82 Å². The number of hydrogen-bond donors (Lipinski definition) is 1. The fourth-order valence-corrected chi connectivity index (χ4v) is 2.19. The van der Waals surface area contributed by atoms with Crippen molar-refractivity contribution in [3.8, 4) is 11.5 Å². The van der Waals surface area contributed by atoms with Crippen molar-refractivity contribution in [3.63, 3.8) is 0 Å². The number of methoxy groups -OCH3 is 1. The first-order chi connectivity index (χ1) is 11.1. The summed E-state index contributed by atoms with van der Waals surface area (Å²) in [7, 11) is 1.56. The number of aromatic nitrogens is 3. The van der Waals surface area contributed by atoms with Crippen molar-refractivity contribution < 1.29 is 14.1 Å². The Morgan fingerprint density at radius 2 is 2.26 bits per heavy atom. The molecule has 0 unspecified atom stereocenters. The van der Waals surface area contributed by atoms with Crippen LogP contribution in [-0.2, 0) is 9.53 Å². The van der Waals surface area contributed by atoms with Crippen molar-refractivity contribution in [3.05, 3.63) is 34.5 Å². The molecule has 0 saturated carbocycles. The molecule has 0 aliphatic heterocycles. The molecule has 0 aromatic carbocycles. The monoisotopic (exact) mass is 320 g/mol. The zero-order valence-electron chi connectivity index (χ0n) is 13.4. The summed E-state index contributed by atoms with van der Waals surface area (Å²) in [6.07, 6.45) is 2.05. The average Bonchev–Trinajstić information content (AvgIpc) is 2.96. The van der Waals surface area contributed by atoms with E-state index < -0.39 is 6.04 Å². The molecule has 8 nitrogen and oxygen atoms in total. The maximum atomic E-state index is 12.3. The molecule has 23 heavy (non-hydrogen) atoms. The lowest BCUT2D eigenvalue weighted by atomic mass is 10.2. The molecule has 0 bridgehead atoms. The molecule has 2 aromatic heterocycles. The quantitative estimate of drug-likeness (QED) is 0.762. The number of carbonyl (C=O) groups is 1. The predicted molar refractivity (Wildman–Crippen MR) is 82.9 cm³/mol. The molecule has 2 aromatic rings. The van der Waals surface area contributed by atoms with Crippen LogP contribution in [0, 0.1) is 6.92 Å². The second kappa shape index (κ2) is 7.68. The summed E-state index contributed by atoms with van der Waals surface area (Å²) in [4.78, 5) is 28.5. The molecular weight excluding hydrogens is 300 g/mol. The Bertz CT molecular complexity index is 722. The Hall–Kier alpha value is -2.48. The Morgan fingerprint density at radius 1 is 1.48 bits per heavy atom. The van der Waals surface area contributed by atoms with Gasteiger partial charge >= 0.3 is 0 Å². The van der Waals surface area contributed by atoms with Crippen LogP contribution in [0.4, 0.5) is 0 Å². The van der Waals surface area contributed by atoms with Gasteiger partial charge < -0.3 is 19.1 Å². The van der Waals surface area contributed by atoms with E-state index in [4.69, 9.17) is 9.26 Å². The molecule has 2 rings (SSSR count). The van der Waals surface area contributed by atoms with Crippen LogP contribution in [0.5, 0.6) is 0 Å². The van der Waals surface area contributed by atoms with E-state index >= 15 is 0 Å². The second-order valence-corrected chi connectivity index (χ2v) is 5.02. The minimum absolute atomic E-state index is 0.231. The van der Waals surface area contributed by atoms with E-state index in [0.29, 0.717) is 36.9 Å². The molecule has 0 spiro atoms. The summed E-state index contributed by atoms with van der Waals surface area (Å²) >= 11 is 0. The third-order valence-electron chi connectivity index (χ3n) is 3.34. The van der Waals surface area contributed by atoms with Gasteiger partial charge in [-0.15, -0.1) is 0 Å². The molecule has 8 heteroatoms. The van der Waals surface area contributed by atoms with Crippen LogP contribution in [0.15, 0.2) is 27.6 Å². The number of nitrogens with zero attached hydrogens (tertiary/aromatic N) is 3. The fourth-order valence-electron chi connectivity index (χ4n) is 2.19. The van der Waals surface area contributed by atoms with E-state index in [1.807, 2.05) is 6.92 Å². The standard InChI is InChI=1S/C15H20N4O4/c1-4-12(14(21)16-7-8-22-3)19-9-11(5-6-13(19)20)15-17-10(2)18-23-15/h5-6,9,12H,4,7-8H2,1-3H3,(H,16,21)/t12-/m0/s1. The van der Waals surface area contributed by atoms with Gasteiger partial charge in [-0.05, 0) is 19.4 Å². The Kier molecular flexibility index (Phi) is 5.64. The first-order valence-electron chi connectivity index (χ1n) is 7.36. The summed E-state index contributed by atoms with van der Waals surface area (Å²) in [5.74, 6) is 0.582. The zero-order valence-corrected chi connectivity index (χ0v) is 13.4. The number of ether oxygens (including phenoxy) is 1. The van der Waals surface area contributed by atoms with Gasteiger partial charge in [0.1, 0.15) is 6.04 Å². The fraction of sp³-hybridized carbons (Fsp3) is 0.467. The topological polar surface area (TPSA) is 99.2 Å². The van der Waals surface area contributed by atoms with Gasteiger partial charge in [0.05, 0.1) is 12.2 Å². The lowest BCUT2D eigenvalue weighted by Gasteiger charge is -2.18. The highest BCUT2D eigenvalue weighted by Gasteiger charge is 2.20. The summed E-state index contributed by atoms with van der Waals surface area (Å²) in [6, 6.07) is 2.38. The molecule has 0 aliphatic rings. The number of rotatable bonds is 7. The number of nitrogens with one attached hydrogen (secondary N) is 1. The molecule has 0 radical (unpaired) electrons. The van der Waals surface area contributed by atoms with Crippen LogP contribution in [0.1, 0.15) is 25.2 Å². The maximum absolute atomic E-state index is 12.3. The van der Waals surface area contributed by atoms with E-state index in [1.54, 1.807) is 26.3 Å². The summed E-state index contributed by atoms with van der Waals surface area (Å²) < 4.78 is 11.4. The van der Waals surface area contributed by atoms with Gasteiger partial charge in [-0.2, -0.15) is 4.98 Å². The van der Waals surface area contributed by atoms with E-state index in [1.165, 1.54) is 10.6 Å². The van der Waals surface area contributed by atoms with Crippen molar-refractivity contribution in [2.75, 3.05) is 20.3 Å². The minimum Gasteiger partial charge on any atom is -0.383 e.